The summed E-state index contributed by atoms with van der Waals surface area (Å²) in [6, 6.07) is 9.52. The molecule has 0 spiro atoms. The van der Waals surface area contributed by atoms with Gasteiger partial charge in [0.15, 0.2) is 6.61 Å². The molecule has 0 aliphatic rings. The molecule has 0 fully saturated rings. The van der Waals surface area contributed by atoms with E-state index in [-0.39, 0.29) is 11.2 Å². The van der Waals surface area contributed by atoms with Crippen molar-refractivity contribution in [2.75, 3.05) is 25.6 Å². The Labute approximate surface area is 159 Å². The zero-order valence-electron chi connectivity index (χ0n) is 15.1. The van der Waals surface area contributed by atoms with E-state index in [4.69, 9.17) is 9.47 Å². The quantitative estimate of drug-likeness (QED) is 0.676. The first-order valence-corrected chi connectivity index (χ1v) is 8.48. The van der Waals surface area contributed by atoms with Crippen molar-refractivity contribution >= 4 is 22.4 Å². The minimum atomic E-state index is -0.880. The summed E-state index contributed by atoms with van der Waals surface area (Å²) in [6.45, 7) is 0.423. The fraction of sp³-hybridized carbons (Fsp3) is 0.200. The molecule has 3 aromatic rings. The van der Waals surface area contributed by atoms with Crippen LogP contribution in [-0.2, 0) is 16.1 Å². The molecule has 146 valence electrons. The first-order chi connectivity index (χ1) is 13.5. The van der Waals surface area contributed by atoms with E-state index in [0.29, 0.717) is 35.7 Å². The normalized spacial score (nSPS) is 10.8. The number of nitrogens with one attached hydrogen (secondary N) is 1. The zero-order chi connectivity index (χ0) is 20.1. The van der Waals surface area contributed by atoms with Crippen molar-refractivity contribution in [1.82, 2.24) is 4.57 Å². The number of anilines is 1. The third-order valence-electron chi connectivity index (χ3n) is 4.08. The predicted octanol–water partition coefficient (Wildman–Crippen LogP) is 2.94. The summed E-state index contributed by atoms with van der Waals surface area (Å²) in [5, 5.41) is 3.32. The summed E-state index contributed by atoms with van der Waals surface area (Å²) >= 11 is 0. The molecule has 0 saturated carbocycles. The van der Waals surface area contributed by atoms with Crippen LogP contribution in [0.5, 0.6) is 5.75 Å². The van der Waals surface area contributed by atoms with Crippen molar-refractivity contribution in [2.24, 2.45) is 0 Å². The number of carbonyl (C=O) groups is 1. The monoisotopic (exact) mass is 388 g/mol. The molecular formula is C20H18F2N2O4. The molecular weight excluding hydrogens is 370 g/mol. The molecule has 0 unspecified atom stereocenters. The van der Waals surface area contributed by atoms with Gasteiger partial charge in [-0.3, -0.25) is 9.59 Å². The highest BCUT2D eigenvalue weighted by molar-refractivity contribution is 5.93. The maximum absolute atomic E-state index is 13.6. The molecule has 1 N–H and O–H groups in total. The number of methoxy groups -OCH3 is 1. The Bertz CT molecular complexity index is 1070. The highest BCUT2D eigenvalue weighted by Gasteiger charge is 2.11. The number of pyridine rings is 1. The van der Waals surface area contributed by atoms with Gasteiger partial charge in [-0.15, -0.1) is 0 Å². The maximum atomic E-state index is 13.6. The van der Waals surface area contributed by atoms with Crippen molar-refractivity contribution in [1.29, 1.82) is 0 Å². The van der Waals surface area contributed by atoms with Gasteiger partial charge in [-0.1, -0.05) is 6.07 Å². The van der Waals surface area contributed by atoms with Crippen molar-refractivity contribution in [3.8, 4) is 5.75 Å². The van der Waals surface area contributed by atoms with Crippen LogP contribution in [0.2, 0.25) is 0 Å². The molecule has 6 nitrogen and oxygen atoms in total. The minimum Gasteiger partial charge on any atom is -0.483 e. The van der Waals surface area contributed by atoms with Crippen LogP contribution in [0.25, 0.3) is 10.8 Å². The maximum Gasteiger partial charge on any atom is 0.262 e. The highest BCUT2D eigenvalue weighted by atomic mass is 19.1. The summed E-state index contributed by atoms with van der Waals surface area (Å²) in [6.07, 6.45) is 1.63. The van der Waals surface area contributed by atoms with E-state index in [2.05, 4.69) is 5.32 Å². The fourth-order valence-corrected chi connectivity index (χ4v) is 2.70. The van der Waals surface area contributed by atoms with Crippen molar-refractivity contribution in [3.63, 3.8) is 0 Å². The largest absolute Gasteiger partial charge is 0.483 e. The Hall–Kier alpha value is -3.26. The van der Waals surface area contributed by atoms with E-state index < -0.39 is 24.1 Å². The number of hydrogen-bond acceptors (Lipinski definition) is 4. The molecule has 0 bridgehead atoms. The van der Waals surface area contributed by atoms with Crippen LogP contribution < -0.4 is 15.6 Å². The Kier molecular flexibility index (Phi) is 6.00. The molecule has 1 amide bonds. The molecule has 2 aromatic carbocycles. The lowest BCUT2D eigenvalue weighted by molar-refractivity contribution is -0.118. The van der Waals surface area contributed by atoms with Crippen molar-refractivity contribution < 1.29 is 23.0 Å². The number of benzene rings is 2. The van der Waals surface area contributed by atoms with Gasteiger partial charge in [0.25, 0.3) is 11.5 Å². The van der Waals surface area contributed by atoms with Crippen LogP contribution in [0.4, 0.5) is 14.5 Å². The predicted molar refractivity (Wildman–Crippen MR) is 101 cm³/mol. The number of aromatic nitrogens is 1. The molecule has 8 heteroatoms. The Morgan fingerprint density at radius 1 is 1.14 bits per heavy atom. The lowest BCUT2D eigenvalue weighted by atomic mass is 10.1. The van der Waals surface area contributed by atoms with Gasteiger partial charge in [-0.25, -0.2) is 8.78 Å². The minimum absolute atomic E-state index is 0.144. The van der Waals surface area contributed by atoms with Gasteiger partial charge in [0.05, 0.1) is 17.7 Å². The number of fused-ring (bicyclic) bond motifs is 1. The van der Waals surface area contributed by atoms with Crippen LogP contribution in [0, 0.1) is 11.6 Å². The van der Waals surface area contributed by atoms with Gasteiger partial charge in [-0.2, -0.15) is 0 Å². The smallest absolute Gasteiger partial charge is 0.262 e. The molecule has 3 rings (SSSR count). The van der Waals surface area contributed by atoms with E-state index in [1.165, 1.54) is 4.57 Å². The van der Waals surface area contributed by atoms with E-state index in [0.717, 1.165) is 12.1 Å². The summed E-state index contributed by atoms with van der Waals surface area (Å²) in [5.74, 6) is -1.88. The lowest BCUT2D eigenvalue weighted by Gasteiger charge is -2.12. The van der Waals surface area contributed by atoms with Gasteiger partial charge in [-0.05, 0) is 30.3 Å². The summed E-state index contributed by atoms with van der Waals surface area (Å²) in [4.78, 5) is 24.6. The molecule has 1 aromatic heterocycles. The van der Waals surface area contributed by atoms with Crippen molar-refractivity contribution in [2.45, 2.75) is 6.54 Å². The SMILES string of the molecule is COCCn1ccc2c(OCC(=O)Nc3ccc(F)cc3F)cccc2c1=O. The summed E-state index contributed by atoms with van der Waals surface area (Å²) in [5.41, 5.74) is -0.341. The third-order valence-corrected chi connectivity index (χ3v) is 4.08. The summed E-state index contributed by atoms with van der Waals surface area (Å²) in [7, 11) is 1.56. The zero-order valence-corrected chi connectivity index (χ0v) is 15.1. The van der Waals surface area contributed by atoms with Crippen LogP contribution in [0.15, 0.2) is 53.5 Å². The number of ether oxygens (including phenoxy) is 2. The first-order valence-electron chi connectivity index (χ1n) is 8.48. The number of carbonyl (C=O) groups excluding carboxylic acids is 1. The van der Waals surface area contributed by atoms with E-state index in [1.54, 1.807) is 37.6 Å². The number of hydrogen-bond donors (Lipinski definition) is 1. The van der Waals surface area contributed by atoms with Gasteiger partial charge < -0.3 is 19.4 Å². The Balaban J connectivity index is 1.74. The third kappa shape index (κ3) is 4.34. The van der Waals surface area contributed by atoms with Gasteiger partial charge in [0, 0.05) is 31.3 Å². The van der Waals surface area contributed by atoms with E-state index in [9.17, 15) is 18.4 Å². The molecule has 0 aliphatic heterocycles. The highest BCUT2D eigenvalue weighted by Crippen LogP contribution is 2.23. The Morgan fingerprint density at radius 3 is 2.71 bits per heavy atom. The molecule has 0 atom stereocenters. The van der Waals surface area contributed by atoms with Crippen LogP contribution >= 0.6 is 0 Å². The van der Waals surface area contributed by atoms with E-state index in [1.807, 2.05) is 0 Å². The van der Waals surface area contributed by atoms with Crippen molar-refractivity contribution in [3.05, 3.63) is 70.6 Å². The van der Waals surface area contributed by atoms with E-state index >= 15 is 0 Å². The molecule has 28 heavy (non-hydrogen) atoms. The second-order valence-corrected chi connectivity index (χ2v) is 5.99. The van der Waals surface area contributed by atoms with Gasteiger partial charge in [0.2, 0.25) is 0 Å². The van der Waals surface area contributed by atoms with Crippen LogP contribution in [0.3, 0.4) is 0 Å². The number of rotatable bonds is 7. The second kappa shape index (κ2) is 8.62. The molecule has 0 radical (unpaired) electrons. The standard InChI is InChI=1S/C20H18F2N2O4/c1-27-10-9-24-8-7-14-15(20(24)26)3-2-4-18(14)28-12-19(25)23-17-6-5-13(21)11-16(17)22/h2-8,11H,9-10,12H2,1H3,(H,23,25). The van der Waals surface area contributed by atoms with Crippen LogP contribution in [-0.4, -0.2) is 30.8 Å². The van der Waals surface area contributed by atoms with Crippen LogP contribution in [0.1, 0.15) is 0 Å². The first kappa shape index (κ1) is 19.5. The molecule has 0 aliphatic carbocycles. The van der Waals surface area contributed by atoms with Gasteiger partial charge in [0.1, 0.15) is 17.4 Å². The summed E-state index contributed by atoms with van der Waals surface area (Å²) < 4.78 is 38.6. The molecule has 0 saturated heterocycles. The topological polar surface area (TPSA) is 69.6 Å². The molecule has 1 heterocycles. The Morgan fingerprint density at radius 2 is 1.96 bits per heavy atom. The van der Waals surface area contributed by atoms with Gasteiger partial charge >= 0.3 is 0 Å². The lowest BCUT2D eigenvalue weighted by Crippen LogP contribution is -2.22. The second-order valence-electron chi connectivity index (χ2n) is 5.99. The fourth-order valence-electron chi connectivity index (χ4n) is 2.70. The average Bonchev–Trinajstić information content (AvgIpc) is 2.68. The average molecular weight is 388 g/mol. The number of nitrogens with zero attached hydrogens (tertiary/aromatic N) is 1. The number of amides is 1. The number of halogens is 2.